The molecule has 2 heteroatoms. The maximum atomic E-state index is 11.0. The van der Waals surface area contributed by atoms with Crippen LogP contribution in [0.5, 0.6) is 0 Å². The quantitative estimate of drug-likeness (QED) is 0.485. The summed E-state index contributed by atoms with van der Waals surface area (Å²) in [5.41, 5.74) is 1.27. The van der Waals surface area contributed by atoms with Crippen LogP contribution < -0.4 is 0 Å². The number of esters is 1. The number of rotatable bonds is 2. The maximum absolute atomic E-state index is 11.0. The average molecular weight is 182 g/mol. The zero-order valence-corrected chi connectivity index (χ0v) is 8.51. The Morgan fingerprint density at radius 3 is 3.08 bits per heavy atom. The predicted octanol–water partition coefficient (Wildman–Crippen LogP) is 2.69. The fraction of sp³-hybridized carbons (Fsp3) is 0.727. The topological polar surface area (TPSA) is 26.3 Å². The summed E-state index contributed by atoms with van der Waals surface area (Å²) in [7, 11) is 1.43. The average Bonchev–Trinajstić information content (AvgIpc) is 2.18. The van der Waals surface area contributed by atoms with Crippen molar-refractivity contribution in [2.45, 2.75) is 39.0 Å². The Labute approximate surface area is 80.0 Å². The number of hydrogen-bond donors (Lipinski definition) is 0. The Hall–Kier alpha value is -0.790. The van der Waals surface area contributed by atoms with Crippen molar-refractivity contribution in [2.24, 2.45) is 5.92 Å². The second-order valence-electron chi connectivity index (χ2n) is 3.70. The fourth-order valence-corrected chi connectivity index (χ4v) is 1.90. The van der Waals surface area contributed by atoms with Crippen LogP contribution in [0.15, 0.2) is 11.6 Å². The van der Waals surface area contributed by atoms with Crippen molar-refractivity contribution in [1.29, 1.82) is 0 Å². The molecule has 74 valence electrons. The zero-order valence-electron chi connectivity index (χ0n) is 8.51. The molecule has 1 rings (SSSR count). The molecule has 1 fully saturated rings. The Kier molecular flexibility index (Phi) is 4.00. The van der Waals surface area contributed by atoms with Crippen LogP contribution in [0.25, 0.3) is 0 Å². The van der Waals surface area contributed by atoms with E-state index in [9.17, 15) is 4.79 Å². The largest absolute Gasteiger partial charge is 0.466 e. The van der Waals surface area contributed by atoms with Crippen LogP contribution in [0.2, 0.25) is 0 Å². The molecule has 2 nitrogen and oxygen atoms in total. The van der Waals surface area contributed by atoms with Gasteiger partial charge in [-0.3, -0.25) is 0 Å². The van der Waals surface area contributed by atoms with Crippen LogP contribution in [0.4, 0.5) is 0 Å². The van der Waals surface area contributed by atoms with Gasteiger partial charge in [-0.25, -0.2) is 4.79 Å². The Morgan fingerprint density at radius 2 is 2.46 bits per heavy atom. The van der Waals surface area contributed by atoms with Crippen LogP contribution in [0.1, 0.15) is 39.0 Å². The van der Waals surface area contributed by atoms with Gasteiger partial charge in [-0.1, -0.05) is 18.9 Å². The third-order valence-corrected chi connectivity index (χ3v) is 2.76. The molecule has 0 radical (unpaired) electrons. The van der Waals surface area contributed by atoms with Gasteiger partial charge in [0, 0.05) is 6.08 Å². The molecule has 1 aliphatic carbocycles. The van der Waals surface area contributed by atoms with Gasteiger partial charge in [-0.15, -0.1) is 0 Å². The van der Waals surface area contributed by atoms with Gasteiger partial charge >= 0.3 is 5.97 Å². The minimum absolute atomic E-state index is 0.202. The van der Waals surface area contributed by atoms with Crippen LogP contribution in [-0.2, 0) is 9.53 Å². The van der Waals surface area contributed by atoms with Crippen molar-refractivity contribution in [3.8, 4) is 0 Å². The minimum Gasteiger partial charge on any atom is -0.466 e. The van der Waals surface area contributed by atoms with Crippen molar-refractivity contribution in [1.82, 2.24) is 0 Å². The Bertz CT molecular complexity index is 206. The molecule has 13 heavy (non-hydrogen) atoms. The van der Waals surface area contributed by atoms with Gasteiger partial charge in [0.25, 0.3) is 0 Å². The van der Waals surface area contributed by atoms with Gasteiger partial charge in [0.05, 0.1) is 7.11 Å². The fourth-order valence-electron chi connectivity index (χ4n) is 1.90. The van der Waals surface area contributed by atoms with E-state index in [1.54, 1.807) is 6.08 Å². The zero-order chi connectivity index (χ0) is 9.68. The summed E-state index contributed by atoms with van der Waals surface area (Å²) >= 11 is 0. The molecule has 0 saturated heterocycles. The van der Waals surface area contributed by atoms with Crippen molar-refractivity contribution < 1.29 is 9.53 Å². The number of hydrogen-bond acceptors (Lipinski definition) is 2. The van der Waals surface area contributed by atoms with Crippen LogP contribution in [0.3, 0.4) is 0 Å². The van der Waals surface area contributed by atoms with E-state index in [0.717, 1.165) is 18.8 Å². The molecule has 0 amide bonds. The highest BCUT2D eigenvalue weighted by atomic mass is 16.5. The Balaban J connectivity index is 2.50. The molecular formula is C11H18O2. The number of methoxy groups -OCH3 is 1. The maximum Gasteiger partial charge on any atom is 0.330 e. The second kappa shape index (κ2) is 5.05. The third kappa shape index (κ3) is 3.21. The molecule has 0 aromatic carbocycles. The van der Waals surface area contributed by atoms with E-state index in [2.05, 4.69) is 11.7 Å². The molecule has 0 heterocycles. The summed E-state index contributed by atoms with van der Waals surface area (Å²) in [5, 5.41) is 0. The van der Waals surface area contributed by atoms with Crippen LogP contribution in [0, 0.1) is 5.92 Å². The molecule has 0 N–H and O–H groups in total. The van der Waals surface area contributed by atoms with Crippen molar-refractivity contribution in [3.05, 3.63) is 11.6 Å². The second-order valence-corrected chi connectivity index (χ2v) is 3.70. The molecular weight excluding hydrogens is 164 g/mol. The molecule has 1 aliphatic rings. The van der Waals surface area contributed by atoms with Gasteiger partial charge in [0.2, 0.25) is 0 Å². The lowest BCUT2D eigenvalue weighted by Crippen LogP contribution is -2.09. The van der Waals surface area contributed by atoms with Crippen molar-refractivity contribution >= 4 is 5.97 Å². The lowest BCUT2D eigenvalue weighted by Gasteiger charge is -2.22. The first-order valence-electron chi connectivity index (χ1n) is 5.03. The summed E-state index contributed by atoms with van der Waals surface area (Å²) in [6.45, 7) is 2.21. The summed E-state index contributed by atoms with van der Waals surface area (Å²) < 4.78 is 4.61. The molecule has 0 aliphatic heterocycles. The first kappa shape index (κ1) is 10.3. The standard InChI is InChI=1S/C11H18O2/c1-3-9-5-4-6-10(7-9)8-11(12)13-2/h8-9H,3-7H2,1-2H3/b10-8-. The Morgan fingerprint density at radius 1 is 1.69 bits per heavy atom. The first-order valence-corrected chi connectivity index (χ1v) is 5.03. The summed E-state index contributed by atoms with van der Waals surface area (Å²) in [4.78, 5) is 11.0. The third-order valence-electron chi connectivity index (χ3n) is 2.76. The smallest absolute Gasteiger partial charge is 0.330 e. The highest BCUT2D eigenvalue weighted by Crippen LogP contribution is 2.30. The number of allylic oxidation sites excluding steroid dienone is 1. The minimum atomic E-state index is -0.202. The van der Waals surface area contributed by atoms with E-state index in [1.807, 2.05) is 0 Å². The van der Waals surface area contributed by atoms with Gasteiger partial charge in [-0.2, -0.15) is 0 Å². The molecule has 0 bridgehead atoms. The molecule has 1 saturated carbocycles. The molecule has 0 aromatic heterocycles. The van der Waals surface area contributed by atoms with E-state index in [-0.39, 0.29) is 5.97 Å². The highest BCUT2D eigenvalue weighted by Gasteiger charge is 2.15. The van der Waals surface area contributed by atoms with E-state index in [0.29, 0.717) is 0 Å². The van der Waals surface area contributed by atoms with E-state index >= 15 is 0 Å². The molecule has 0 aromatic rings. The summed E-state index contributed by atoms with van der Waals surface area (Å²) in [6.07, 6.45) is 7.59. The lowest BCUT2D eigenvalue weighted by molar-refractivity contribution is -0.134. The highest BCUT2D eigenvalue weighted by molar-refractivity contribution is 5.82. The molecule has 1 unspecified atom stereocenters. The van der Waals surface area contributed by atoms with Crippen LogP contribution >= 0.6 is 0 Å². The monoisotopic (exact) mass is 182 g/mol. The lowest BCUT2D eigenvalue weighted by atomic mass is 9.84. The van der Waals surface area contributed by atoms with Crippen molar-refractivity contribution in [3.63, 3.8) is 0 Å². The predicted molar refractivity (Wildman–Crippen MR) is 52.3 cm³/mol. The van der Waals surface area contributed by atoms with Gasteiger partial charge in [0.15, 0.2) is 0 Å². The van der Waals surface area contributed by atoms with Gasteiger partial charge < -0.3 is 4.74 Å². The summed E-state index contributed by atoms with van der Waals surface area (Å²) in [6, 6.07) is 0. The van der Waals surface area contributed by atoms with Gasteiger partial charge in [0.1, 0.15) is 0 Å². The normalized spacial score (nSPS) is 26.0. The van der Waals surface area contributed by atoms with Crippen molar-refractivity contribution in [2.75, 3.05) is 7.11 Å². The number of carbonyl (C=O) groups excluding carboxylic acids is 1. The molecule has 1 atom stereocenters. The van der Waals surface area contributed by atoms with E-state index < -0.39 is 0 Å². The number of ether oxygens (including phenoxy) is 1. The van der Waals surface area contributed by atoms with Crippen LogP contribution in [-0.4, -0.2) is 13.1 Å². The van der Waals surface area contributed by atoms with E-state index in [1.165, 1.54) is 31.9 Å². The van der Waals surface area contributed by atoms with Gasteiger partial charge in [-0.05, 0) is 31.6 Å². The molecule has 0 spiro atoms. The summed E-state index contributed by atoms with van der Waals surface area (Å²) in [5.74, 6) is 0.580. The number of carbonyl (C=O) groups is 1. The SMILES string of the molecule is CCC1CCC/C(=C/C(=O)OC)C1. The first-order chi connectivity index (χ1) is 6.26. The van der Waals surface area contributed by atoms with E-state index in [4.69, 9.17) is 0 Å².